The molecule has 0 aliphatic carbocycles. The standard InChI is InChI=1S/C26H23N3O5S/c1-5-34-25(32)19-14(2)27-26-29(21(19)15-10-12-16(33-4)13-11-15)24(31)22(35-26)20-17-8-6-7-9-18(17)28(3)23(20)30/h6-13,21H,5H2,1-4H3. The van der Waals surface area contributed by atoms with E-state index in [-0.39, 0.29) is 23.6 Å². The molecule has 1 unspecified atom stereocenters. The zero-order valence-electron chi connectivity index (χ0n) is 19.7. The Balaban J connectivity index is 1.81. The van der Waals surface area contributed by atoms with E-state index in [1.807, 2.05) is 36.4 Å². The first-order chi connectivity index (χ1) is 16.9. The van der Waals surface area contributed by atoms with Gasteiger partial charge in [0.2, 0.25) is 0 Å². The Kier molecular flexibility index (Phi) is 5.64. The summed E-state index contributed by atoms with van der Waals surface area (Å²) in [6, 6.07) is 13.8. The number of fused-ring (bicyclic) bond motifs is 2. The molecule has 35 heavy (non-hydrogen) atoms. The van der Waals surface area contributed by atoms with Gasteiger partial charge in [0.05, 0.1) is 42.3 Å². The van der Waals surface area contributed by atoms with E-state index in [2.05, 4.69) is 4.99 Å². The van der Waals surface area contributed by atoms with Crippen LogP contribution >= 0.6 is 11.3 Å². The molecule has 0 saturated carbocycles. The fourth-order valence-electron chi connectivity index (χ4n) is 4.53. The van der Waals surface area contributed by atoms with Crippen molar-refractivity contribution in [1.82, 2.24) is 4.57 Å². The second-order valence-electron chi connectivity index (χ2n) is 8.15. The monoisotopic (exact) mass is 489 g/mol. The Morgan fingerprint density at radius 1 is 1.11 bits per heavy atom. The van der Waals surface area contributed by atoms with Crippen molar-refractivity contribution in [2.24, 2.45) is 4.99 Å². The molecule has 2 aromatic carbocycles. The Hall–Kier alpha value is -3.98. The molecule has 3 aromatic rings. The molecule has 2 aliphatic rings. The van der Waals surface area contributed by atoms with Crippen LogP contribution in [0.25, 0.3) is 5.57 Å². The third-order valence-corrected chi connectivity index (χ3v) is 7.26. The van der Waals surface area contributed by atoms with Crippen LogP contribution < -0.4 is 24.5 Å². The molecule has 0 N–H and O–H groups in total. The number of anilines is 1. The van der Waals surface area contributed by atoms with Crippen LogP contribution in [-0.4, -0.2) is 37.2 Å². The van der Waals surface area contributed by atoms with Crippen LogP contribution in [0, 0.1) is 0 Å². The average Bonchev–Trinajstić information content (AvgIpc) is 3.31. The van der Waals surface area contributed by atoms with Crippen LogP contribution in [0.1, 0.15) is 31.0 Å². The number of allylic oxidation sites excluding steroid dienone is 1. The predicted octanol–water partition coefficient (Wildman–Crippen LogP) is 2.15. The van der Waals surface area contributed by atoms with Crippen molar-refractivity contribution in [3.8, 4) is 5.75 Å². The van der Waals surface area contributed by atoms with E-state index < -0.39 is 12.0 Å². The quantitative estimate of drug-likeness (QED) is 0.524. The van der Waals surface area contributed by atoms with E-state index in [1.165, 1.54) is 4.57 Å². The molecule has 3 heterocycles. The molecule has 0 radical (unpaired) electrons. The van der Waals surface area contributed by atoms with Gasteiger partial charge in [-0.2, -0.15) is 0 Å². The molecular formula is C26H23N3O5S. The summed E-state index contributed by atoms with van der Waals surface area (Å²) in [6.45, 7) is 3.65. The van der Waals surface area contributed by atoms with Gasteiger partial charge >= 0.3 is 5.97 Å². The smallest absolute Gasteiger partial charge is 0.338 e. The first-order valence-electron chi connectivity index (χ1n) is 11.1. The average molecular weight is 490 g/mol. The topological polar surface area (TPSA) is 90.2 Å². The van der Waals surface area contributed by atoms with Crippen molar-refractivity contribution >= 4 is 34.5 Å². The van der Waals surface area contributed by atoms with E-state index in [9.17, 15) is 14.4 Å². The van der Waals surface area contributed by atoms with Crippen LogP contribution in [0.5, 0.6) is 5.75 Å². The van der Waals surface area contributed by atoms with Gasteiger partial charge in [-0.05, 0) is 37.6 Å². The maximum absolute atomic E-state index is 13.9. The molecule has 9 heteroatoms. The van der Waals surface area contributed by atoms with Crippen LogP contribution in [0.2, 0.25) is 0 Å². The fraction of sp³-hybridized carbons (Fsp3) is 0.231. The lowest BCUT2D eigenvalue weighted by Crippen LogP contribution is -2.40. The highest BCUT2D eigenvalue weighted by molar-refractivity contribution is 7.07. The zero-order chi connectivity index (χ0) is 24.9. The SMILES string of the molecule is CCOC(=O)C1=C(C)N=c2sc(=C3C(=O)N(C)c4ccccc43)c(=O)n2C1c1ccc(OC)cc1. The maximum atomic E-state index is 13.9. The van der Waals surface area contributed by atoms with Crippen molar-refractivity contribution in [2.45, 2.75) is 19.9 Å². The van der Waals surface area contributed by atoms with Gasteiger partial charge in [-0.3, -0.25) is 14.2 Å². The maximum Gasteiger partial charge on any atom is 0.338 e. The second-order valence-corrected chi connectivity index (χ2v) is 9.13. The molecule has 5 rings (SSSR count). The Morgan fingerprint density at radius 3 is 2.51 bits per heavy atom. The summed E-state index contributed by atoms with van der Waals surface area (Å²) in [5.74, 6) is -0.133. The fourth-order valence-corrected chi connectivity index (χ4v) is 5.67. The zero-order valence-corrected chi connectivity index (χ0v) is 20.5. The number of rotatable bonds is 4. The van der Waals surface area contributed by atoms with E-state index in [0.29, 0.717) is 37.5 Å². The third kappa shape index (κ3) is 3.50. The summed E-state index contributed by atoms with van der Waals surface area (Å²) in [4.78, 5) is 46.7. The largest absolute Gasteiger partial charge is 0.497 e. The number of ether oxygens (including phenoxy) is 2. The highest BCUT2D eigenvalue weighted by atomic mass is 32.1. The van der Waals surface area contributed by atoms with Crippen molar-refractivity contribution in [3.05, 3.63) is 90.6 Å². The van der Waals surface area contributed by atoms with Gasteiger partial charge in [-0.1, -0.05) is 41.7 Å². The summed E-state index contributed by atoms with van der Waals surface area (Å²) in [6.07, 6.45) is 0. The first-order valence-corrected chi connectivity index (χ1v) is 11.9. The number of methoxy groups -OCH3 is 1. The second kappa shape index (κ2) is 8.66. The molecular weight excluding hydrogens is 466 g/mol. The van der Waals surface area contributed by atoms with Gasteiger partial charge in [-0.15, -0.1) is 0 Å². The highest BCUT2D eigenvalue weighted by Crippen LogP contribution is 2.34. The molecule has 2 aliphatic heterocycles. The number of carbonyl (C=O) groups is 2. The van der Waals surface area contributed by atoms with Crippen LogP contribution in [0.4, 0.5) is 5.69 Å². The highest BCUT2D eigenvalue weighted by Gasteiger charge is 2.36. The third-order valence-electron chi connectivity index (χ3n) is 6.20. The summed E-state index contributed by atoms with van der Waals surface area (Å²) in [5.41, 5.74) is 2.88. The van der Waals surface area contributed by atoms with Crippen LogP contribution in [0.3, 0.4) is 0 Å². The predicted molar refractivity (Wildman–Crippen MR) is 132 cm³/mol. The number of benzene rings is 2. The van der Waals surface area contributed by atoms with Crippen molar-refractivity contribution in [1.29, 1.82) is 0 Å². The van der Waals surface area contributed by atoms with Gasteiger partial charge < -0.3 is 14.4 Å². The van der Waals surface area contributed by atoms with E-state index in [0.717, 1.165) is 17.0 Å². The number of aromatic nitrogens is 1. The van der Waals surface area contributed by atoms with Gasteiger partial charge in [0.1, 0.15) is 10.3 Å². The minimum Gasteiger partial charge on any atom is -0.497 e. The number of esters is 1. The lowest BCUT2D eigenvalue weighted by Gasteiger charge is -2.24. The Labute approximate surface area is 205 Å². The molecule has 0 bridgehead atoms. The number of amides is 1. The lowest BCUT2D eigenvalue weighted by molar-refractivity contribution is -0.139. The number of likely N-dealkylation sites (N-methyl/N-ethyl adjacent to an activating group) is 1. The van der Waals surface area contributed by atoms with E-state index in [1.54, 1.807) is 45.0 Å². The molecule has 8 nitrogen and oxygen atoms in total. The molecule has 0 spiro atoms. The number of para-hydroxylation sites is 1. The van der Waals surface area contributed by atoms with Gasteiger partial charge in [0.15, 0.2) is 4.80 Å². The summed E-state index contributed by atoms with van der Waals surface area (Å²) >= 11 is 1.15. The first kappa shape index (κ1) is 22.8. The van der Waals surface area contributed by atoms with Crippen molar-refractivity contribution in [3.63, 3.8) is 0 Å². The Bertz CT molecular complexity index is 1580. The van der Waals surface area contributed by atoms with Crippen LogP contribution in [0.15, 0.2) is 69.6 Å². The summed E-state index contributed by atoms with van der Waals surface area (Å²) in [5, 5.41) is 0. The van der Waals surface area contributed by atoms with E-state index in [4.69, 9.17) is 9.47 Å². The number of thiazole rings is 1. The van der Waals surface area contributed by atoms with Crippen molar-refractivity contribution in [2.75, 3.05) is 25.7 Å². The number of hydrogen-bond acceptors (Lipinski definition) is 7. The molecule has 1 aromatic heterocycles. The molecule has 1 amide bonds. The molecule has 1 atom stereocenters. The van der Waals surface area contributed by atoms with Crippen molar-refractivity contribution < 1.29 is 19.1 Å². The molecule has 0 fully saturated rings. The van der Waals surface area contributed by atoms with Gasteiger partial charge in [0.25, 0.3) is 11.5 Å². The van der Waals surface area contributed by atoms with Gasteiger partial charge in [-0.25, -0.2) is 9.79 Å². The molecule has 0 saturated heterocycles. The van der Waals surface area contributed by atoms with Crippen LogP contribution in [-0.2, 0) is 14.3 Å². The summed E-state index contributed by atoms with van der Waals surface area (Å²) < 4.78 is 12.4. The number of carbonyl (C=O) groups excluding carboxylic acids is 2. The minimum atomic E-state index is -0.755. The lowest BCUT2D eigenvalue weighted by atomic mass is 9.96. The minimum absolute atomic E-state index is 0.192. The summed E-state index contributed by atoms with van der Waals surface area (Å²) in [7, 11) is 3.26. The number of nitrogens with zero attached hydrogens (tertiary/aromatic N) is 3. The van der Waals surface area contributed by atoms with Gasteiger partial charge in [0, 0.05) is 12.6 Å². The molecule has 178 valence electrons. The Morgan fingerprint density at radius 2 is 1.83 bits per heavy atom. The van der Waals surface area contributed by atoms with E-state index >= 15 is 0 Å². The number of hydrogen-bond donors (Lipinski definition) is 0. The normalized spacial score (nSPS) is 18.2.